The third-order valence-electron chi connectivity index (χ3n) is 5.07. The molecule has 0 fully saturated rings. The Bertz CT molecular complexity index is 1200. The van der Waals surface area contributed by atoms with Gasteiger partial charge in [0.1, 0.15) is 10.7 Å². The van der Waals surface area contributed by atoms with E-state index in [4.69, 9.17) is 0 Å². The van der Waals surface area contributed by atoms with Crippen molar-refractivity contribution in [2.24, 2.45) is 0 Å². The second-order valence-corrected chi connectivity index (χ2v) is 9.22. The molecule has 0 spiro atoms. The molecule has 7 heteroatoms. The topological polar surface area (TPSA) is 62.3 Å². The highest BCUT2D eigenvalue weighted by molar-refractivity contribution is 7.20. The minimum Gasteiger partial charge on any atom is -0.326 e. The highest BCUT2D eigenvalue weighted by Crippen LogP contribution is 2.31. The van der Waals surface area contributed by atoms with Crippen molar-refractivity contribution in [2.45, 2.75) is 26.4 Å². The number of benzene rings is 2. The van der Waals surface area contributed by atoms with Crippen molar-refractivity contribution in [2.75, 3.05) is 5.32 Å². The van der Waals surface area contributed by atoms with Gasteiger partial charge in [-0.15, -0.1) is 22.7 Å². The van der Waals surface area contributed by atoms with Gasteiger partial charge in [-0.25, -0.2) is 4.98 Å². The first-order chi connectivity index (χ1) is 15.5. The van der Waals surface area contributed by atoms with Gasteiger partial charge in [0.15, 0.2) is 0 Å². The first kappa shape index (κ1) is 21.9. The summed E-state index contributed by atoms with van der Waals surface area (Å²) in [5, 5.41) is 7.50. The predicted molar refractivity (Wildman–Crippen MR) is 131 cm³/mol. The molecule has 1 N–H and O–H groups in total. The zero-order valence-electron chi connectivity index (χ0n) is 17.8. The molecule has 162 valence electrons. The zero-order valence-corrected chi connectivity index (χ0v) is 19.5. The number of thiophene rings is 1. The number of hydrogen-bond donors (Lipinski definition) is 1. The van der Waals surface area contributed by atoms with Crippen LogP contribution in [0.5, 0.6) is 0 Å². The Labute approximate surface area is 195 Å². The molecule has 4 aromatic rings. The number of aromatic nitrogens is 1. The van der Waals surface area contributed by atoms with Crippen LogP contribution in [0.2, 0.25) is 0 Å². The van der Waals surface area contributed by atoms with Crippen LogP contribution < -0.4 is 5.32 Å². The second-order valence-electron chi connectivity index (χ2n) is 7.42. The molecular weight excluding hydrogens is 438 g/mol. The van der Waals surface area contributed by atoms with E-state index in [-0.39, 0.29) is 17.9 Å². The third-order valence-corrected chi connectivity index (χ3v) is 6.95. The summed E-state index contributed by atoms with van der Waals surface area (Å²) in [5.41, 5.74) is 3.13. The molecule has 0 aliphatic carbocycles. The molecule has 0 aliphatic heterocycles. The molecule has 32 heavy (non-hydrogen) atoms. The normalized spacial score (nSPS) is 11.7. The van der Waals surface area contributed by atoms with Gasteiger partial charge < -0.3 is 10.2 Å². The van der Waals surface area contributed by atoms with E-state index in [9.17, 15) is 9.59 Å². The van der Waals surface area contributed by atoms with Gasteiger partial charge in [-0.2, -0.15) is 0 Å². The average Bonchev–Trinajstić information content (AvgIpc) is 3.49. The van der Waals surface area contributed by atoms with Gasteiger partial charge in [-0.3, -0.25) is 9.59 Å². The van der Waals surface area contributed by atoms with Crippen molar-refractivity contribution in [3.05, 3.63) is 94.3 Å². The third kappa shape index (κ3) is 5.12. The fourth-order valence-corrected chi connectivity index (χ4v) is 5.06. The van der Waals surface area contributed by atoms with Crippen LogP contribution in [0.3, 0.4) is 0 Å². The lowest BCUT2D eigenvalue weighted by molar-refractivity contribution is -0.114. The van der Waals surface area contributed by atoms with Crippen molar-refractivity contribution in [1.29, 1.82) is 0 Å². The number of nitrogens with zero attached hydrogens (tertiary/aromatic N) is 2. The monoisotopic (exact) mass is 461 g/mol. The van der Waals surface area contributed by atoms with Crippen LogP contribution in [0.25, 0.3) is 9.88 Å². The van der Waals surface area contributed by atoms with E-state index in [0.29, 0.717) is 17.9 Å². The lowest BCUT2D eigenvalue weighted by Gasteiger charge is -2.29. The van der Waals surface area contributed by atoms with Crippen molar-refractivity contribution in [3.63, 3.8) is 0 Å². The molecule has 0 saturated heterocycles. The Morgan fingerprint density at radius 1 is 1.03 bits per heavy atom. The van der Waals surface area contributed by atoms with Gasteiger partial charge >= 0.3 is 0 Å². The standard InChI is InChI=1S/C25H23N3O2S2/c1-17(20-10-6-11-21(14-20)26-18(2)29)28(15-19-8-4-3-5-9-19)25(30)22-16-32-24(27-22)23-12-7-13-31-23/h3-14,16-17H,15H2,1-2H3,(H,26,29)/t17-/m0/s1. The second kappa shape index (κ2) is 9.89. The summed E-state index contributed by atoms with van der Waals surface area (Å²) in [6.45, 7) is 3.94. The van der Waals surface area contributed by atoms with E-state index < -0.39 is 0 Å². The van der Waals surface area contributed by atoms with Gasteiger partial charge in [0.25, 0.3) is 5.91 Å². The van der Waals surface area contributed by atoms with Crippen molar-refractivity contribution < 1.29 is 9.59 Å². The van der Waals surface area contributed by atoms with Gasteiger partial charge in [0, 0.05) is 24.5 Å². The highest BCUT2D eigenvalue weighted by atomic mass is 32.1. The molecule has 2 aromatic carbocycles. The smallest absolute Gasteiger partial charge is 0.274 e. The Balaban J connectivity index is 1.65. The molecule has 0 unspecified atom stereocenters. The van der Waals surface area contributed by atoms with Crippen LogP contribution >= 0.6 is 22.7 Å². The lowest BCUT2D eigenvalue weighted by Crippen LogP contribution is -2.33. The quantitative estimate of drug-likeness (QED) is 0.355. The van der Waals surface area contributed by atoms with Gasteiger partial charge in [-0.1, -0.05) is 48.5 Å². The van der Waals surface area contributed by atoms with E-state index in [1.807, 2.05) is 89.3 Å². The predicted octanol–water partition coefficient (Wildman–Crippen LogP) is 6.23. The Hall–Kier alpha value is -3.29. The largest absolute Gasteiger partial charge is 0.326 e. The van der Waals surface area contributed by atoms with Crippen molar-refractivity contribution in [1.82, 2.24) is 9.88 Å². The summed E-state index contributed by atoms with van der Waals surface area (Å²) in [6.07, 6.45) is 0. The number of carbonyl (C=O) groups excluding carboxylic acids is 2. The molecule has 2 aromatic heterocycles. The molecular formula is C25H23N3O2S2. The summed E-state index contributed by atoms with van der Waals surface area (Å²) in [6, 6.07) is 21.3. The minimum atomic E-state index is -0.219. The molecule has 5 nitrogen and oxygen atoms in total. The Morgan fingerprint density at radius 2 is 1.84 bits per heavy atom. The van der Waals surface area contributed by atoms with Crippen LogP contribution in [-0.4, -0.2) is 21.7 Å². The first-order valence-electron chi connectivity index (χ1n) is 10.2. The van der Waals surface area contributed by atoms with Crippen LogP contribution in [0.1, 0.15) is 41.5 Å². The fraction of sp³-hybridized carbons (Fsp3) is 0.160. The number of nitrogens with one attached hydrogen (secondary N) is 1. The lowest BCUT2D eigenvalue weighted by atomic mass is 10.0. The molecule has 4 rings (SSSR count). The van der Waals surface area contributed by atoms with Crippen LogP contribution in [0, 0.1) is 0 Å². The average molecular weight is 462 g/mol. The van der Waals surface area contributed by atoms with Crippen molar-refractivity contribution in [3.8, 4) is 9.88 Å². The maximum absolute atomic E-state index is 13.6. The summed E-state index contributed by atoms with van der Waals surface area (Å²) in [4.78, 5) is 32.6. The number of thiazole rings is 1. The minimum absolute atomic E-state index is 0.120. The summed E-state index contributed by atoms with van der Waals surface area (Å²) >= 11 is 3.09. The summed E-state index contributed by atoms with van der Waals surface area (Å²) in [5.74, 6) is -0.249. The first-order valence-corrected chi connectivity index (χ1v) is 12.0. The molecule has 0 bridgehead atoms. The summed E-state index contributed by atoms with van der Waals surface area (Å²) < 4.78 is 0. The highest BCUT2D eigenvalue weighted by Gasteiger charge is 2.25. The molecule has 2 heterocycles. The van der Waals surface area contributed by atoms with Crippen LogP contribution in [-0.2, 0) is 11.3 Å². The molecule has 0 saturated carbocycles. The van der Waals surface area contributed by atoms with E-state index in [1.54, 1.807) is 11.3 Å². The van der Waals surface area contributed by atoms with Crippen molar-refractivity contribution >= 4 is 40.2 Å². The number of amides is 2. The maximum Gasteiger partial charge on any atom is 0.274 e. The molecule has 2 amide bonds. The SMILES string of the molecule is CC(=O)Nc1cccc([C@H](C)N(Cc2ccccc2)C(=O)c2csc(-c3cccs3)n2)c1. The van der Waals surface area contributed by atoms with Gasteiger partial charge in [-0.05, 0) is 41.6 Å². The summed E-state index contributed by atoms with van der Waals surface area (Å²) in [7, 11) is 0. The molecule has 0 aliphatic rings. The maximum atomic E-state index is 13.6. The number of anilines is 1. The van der Waals surface area contributed by atoms with E-state index in [2.05, 4.69) is 10.3 Å². The van der Waals surface area contributed by atoms with E-state index in [0.717, 1.165) is 21.0 Å². The number of hydrogen-bond acceptors (Lipinski definition) is 5. The zero-order chi connectivity index (χ0) is 22.5. The Morgan fingerprint density at radius 3 is 2.56 bits per heavy atom. The van der Waals surface area contributed by atoms with Gasteiger partial charge in [0.2, 0.25) is 5.91 Å². The van der Waals surface area contributed by atoms with Crippen LogP contribution in [0.4, 0.5) is 5.69 Å². The molecule has 1 atom stereocenters. The van der Waals surface area contributed by atoms with Crippen LogP contribution in [0.15, 0.2) is 77.5 Å². The van der Waals surface area contributed by atoms with E-state index >= 15 is 0 Å². The van der Waals surface area contributed by atoms with E-state index in [1.165, 1.54) is 18.3 Å². The number of rotatable bonds is 7. The number of carbonyl (C=O) groups is 2. The Kier molecular flexibility index (Phi) is 6.78. The fourth-order valence-electron chi connectivity index (χ4n) is 3.46. The molecule has 0 radical (unpaired) electrons. The van der Waals surface area contributed by atoms with Gasteiger partial charge in [0.05, 0.1) is 10.9 Å².